The van der Waals surface area contributed by atoms with Gasteiger partial charge in [-0.2, -0.15) is 0 Å². The summed E-state index contributed by atoms with van der Waals surface area (Å²) in [7, 11) is 0. The molecule has 26 heavy (non-hydrogen) atoms. The number of amides is 1. The van der Waals surface area contributed by atoms with E-state index in [1.54, 1.807) is 23.5 Å². The molecule has 0 fully saturated rings. The highest BCUT2D eigenvalue weighted by atomic mass is 79.9. The third kappa shape index (κ3) is 4.93. The van der Waals surface area contributed by atoms with Gasteiger partial charge in [0.1, 0.15) is 12.4 Å². The summed E-state index contributed by atoms with van der Waals surface area (Å²) in [6.45, 7) is 4.32. The fraction of sp³-hybridized carbons (Fsp3) is 0.200. The van der Waals surface area contributed by atoms with Crippen molar-refractivity contribution in [2.75, 3.05) is 0 Å². The third-order valence-electron chi connectivity index (χ3n) is 3.87. The second-order valence-corrected chi connectivity index (χ2v) is 7.90. The van der Waals surface area contributed by atoms with Crippen molar-refractivity contribution in [3.05, 3.63) is 80.2 Å². The van der Waals surface area contributed by atoms with Gasteiger partial charge in [0.05, 0.1) is 16.7 Å². The Morgan fingerprint density at radius 3 is 2.73 bits per heavy atom. The molecule has 0 aliphatic heterocycles. The van der Waals surface area contributed by atoms with Crippen LogP contribution in [0.25, 0.3) is 0 Å². The molecule has 0 radical (unpaired) electrons. The summed E-state index contributed by atoms with van der Waals surface area (Å²) >= 11 is 5.01. The molecule has 1 atom stereocenters. The molecule has 0 spiro atoms. The minimum atomic E-state index is -0.129. The quantitative estimate of drug-likeness (QED) is 0.578. The lowest BCUT2D eigenvalue weighted by atomic mass is 10.1. The number of rotatable bonds is 6. The third-order valence-corrected chi connectivity index (χ3v) is 5.22. The van der Waals surface area contributed by atoms with Crippen molar-refractivity contribution in [1.82, 2.24) is 10.3 Å². The largest absolute Gasteiger partial charge is 0.487 e. The Balaban J connectivity index is 1.63. The number of hydrogen-bond donors (Lipinski definition) is 1. The van der Waals surface area contributed by atoms with E-state index in [1.807, 2.05) is 55.6 Å². The molecule has 0 saturated carbocycles. The first kappa shape index (κ1) is 18.6. The Bertz CT molecular complexity index is 893. The molecule has 0 bridgehead atoms. The van der Waals surface area contributed by atoms with Crippen LogP contribution in [-0.4, -0.2) is 10.9 Å². The predicted octanol–water partition coefficient (Wildman–Crippen LogP) is 5.28. The number of aromatic nitrogens is 1. The highest BCUT2D eigenvalue weighted by molar-refractivity contribution is 9.10. The van der Waals surface area contributed by atoms with Gasteiger partial charge in [0, 0.05) is 15.4 Å². The molecule has 1 N–H and O–H groups in total. The van der Waals surface area contributed by atoms with Gasteiger partial charge < -0.3 is 10.1 Å². The highest BCUT2D eigenvalue weighted by Crippen LogP contribution is 2.19. The van der Waals surface area contributed by atoms with Gasteiger partial charge in [0.2, 0.25) is 0 Å². The van der Waals surface area contributed by atoms with Gasteiger partial charge in [-0.1, -0.05) is 34.1 Å². The smallest absolute Gasteiger partial charge is 0.251 e. The molecule has 0 aliphatic rings. The van der Waals surface area contributed by atoms with E-state index in [1.165, 1.54) is 0 Å². The van der Waals surface area contributed by atoms with E-state index < -0.39 is 0 Å². The summed E-state index contributed by atoms with van der Waals surface area (Å²) in [5.74, 6) is 0.523. The summed E-state index contributed by atoms with van der Waals surface area (Å²) in [5, 5.41) is 6.01. The summed E-state index contributed by atoms with van der Waals surface area (Å²) in [4.78, 5) is 16.9. The Morgan fingerprint density at radius 2 is 2.04 bits per heavy atom. The number of nitrogens with zero attached hydrogens (tertiary/aromatic N) is 1. The van der Waals surface area contributed by atoms with Crippen LogP contribution in [0.3, 0.4) is 0 Å². The van der Waals surface area contributed by atoms with Gasteiger partial charge in [-0.15, -0.1) is 11.3 Å². The number of aryl methyl sites for hydroxylation is 1. The highest BCUT2D eigenvalue weighted by Gasteiger charge is 2.12. The van der Waals surface area contributed by atoms with Crippen molar-refractivity contribution in [1.29, 1.82) is 0 Å². The van der Waals surface area contributed by atoms with E-state index in [9.17, 15) is 4.79 Å². The van der Waals surface area contributed by atoms with Crippen molar-refractivity contribution in [2.24, 2.45) is 0 Å². The fourth-order valence-corrected chi connectivity index (χ4v) is 3.34. The lowest BCUT2D eigenvalue weighted by Crippen LogP contribution is -2.26. The number of nitrogens with one attached hydrogen (secondary N) is 1. The van der Waals surface area contributed by atoms with Crippen molar-refractivity contribution < 1.29 is 9.53 Å². The van der Waals surface area contributed by atoms with Crippen LogP contribution in [-0.2, 0) is 6.61 Å². The minimum absolute atomic E-state index is 0.0850. The number of carbonyl (C=O) groups is 1. The standard InChI is InChI=1S/C20H19BrN2O2S/c1-13(15-6-8-17(21)9-7-15)22-20(24)16-4-3-5-19(10-16)25-11-18-12-26-14(2)23-18/h3-10,12-13H,11H2,1-2H3,(H,22,24). The van der Waals surface area contributed by atoms with Crippen molar-refractivity contribution in [2.45, 2.75) is 26.5 Å². The molecule has 0 aliphatic carbocycles. The summed E-state index contributed by atoms with van der Waals surface area (Å²) in [6, 6.07) is 15.0. The zero-order valence-electron chi connectivity index (χ0n) is 14.5. The normalized spacial score (nSPS) is 11.8. The molecular weight excluding hydrogens is 412 g/mol. The molecule has 3 aromatic rings. The van der Waals surface area contributed by atoms with Gasteiger partial charge >= 0.3 is 0 Å². The fourth-order valence-electron chi connectivity index (χ4n) is 2.47. The molecule has 4 nitrogen and oxygen atoms in total. The SMILES string of the molecule is Cc1nc(COc2cccc(C(=O)NC(C)c3ccc(Br)cc3)c2)cs1. The van der Waals surface area contributed by atoms with E-state index >= 15 is 0 Å². The number of carbonyl (C=O) groups excluding carboxylic acids is 1. The van der Waals surface area contributed by atoms with Crippen LogP contribution in [0.4, 0.5) is 0 Å². The molecule has 1 heterocycles. The zero-order chi connectivity index (χ0) is 18.5. The van der Waals surface area contributed by atoms with E-state index in [2.05, 4.69) is 26.2 Å². The van der Waals surface area contributed by atoms with Crippen LogP contribution in [0.2, 0.25) is 0 Å². The minimum Gasteiger partial charge on any atom is -0.487 e. The topological polar surface area (TPSA) is 51.2 Å². The van der Waals surface area contributed by atoms with Crippen molar-refractivity contribution >= 4 is 33.2 Å². The first-order valence-electron chi connectivity index (χ1n) is 8.21. The van der Waals surface area contributed by atoms with Crippen LogP contribution in [0.1, 0.15) is 39.6 Å². The number of halogens is 1. The summed E-state index contributed by atoms with van der Waals surface area (Å²) < 4.78 is 6.77. The molecular formula is C20H19BrN2O2S. The number of benzene rings is 2. The number of thiazole rings is 1. The van der Waals surface area contributed by atoms with Gasteiger partial charge in [0.25, 0.3) is 5.91 Å². The lowest BCUT2D eigenvalue weighted by Gasteiger charge is -2.15. The molecule has 134 valence electrons. The van der Waals surface area contributed by atoms with Gasteiger partial charge in [-0.25, -0.2) is 4.98 Å². The number of ether oxygens (including phenoxy) is 1. The van der Waals surface area contributed by atoms with Crippen LogP contribution < -0.4 is 10.1 Å². The molecule has 1 amide bonds. The molecule has 2 aromatic carbocycles. The monoisotopic (exact) mass is 430 g/mol. The Labute approximate surface area is 165 Å². The van der Waals surface area contributed by atoms with E-state index in [0.717, 1.165) is 20.7 Å². The van der Waals surface area contributed by atoms with Crippen molar-refractivity contribution in [3.8, 4) is 5.75 Å². The zero-order valence-corrected chi connectivity index (χ0v) is 16.9. The van der Waals surface area contributed by atoms with Crippen LogP contribution in [0.15, 0.2) is 58.4 Å². The van der Waals surface area contributed by atoms with Crippen LogP contribution in [0, 0.1) is 6.92 Å². The Hall–Kier alpha value is -2.18. The molecule has 0 saturated heterocycles. The molecule has 6 heteroatoms. The Kier molecular flexibility index (Phi) is 6.06. The molecule has 1 unspecified atom stereocenters. The van der Waals surface area contributed by atoms with Crippen molar-refractivity contribution in [3.63, 3.8) is 0 Å². The second kappa shape index (κ2) is 8.47. The van der Waals surface area contributed by atoms with E-state index in [-0.39, 0.29) is 11.9 Å². The predicted molar refractivity (Wildman–Crippen MR) is 108 cm³/mol. The first-order chi connectivity index (χ1) is 12.5. The van der Waals surface area contributed by atoms with E-state index in [4.69, 9.17) is 4.74 Å². The maximum atomic E-state index is 12.5. The van der Waals surface area contributed by atoms with Crippen LogP contribution >= 0.6 is 27.3 Å². The first-order valence-corrected chi connectivity index (χ1v) is 9.89. The lowest BCUT2D eigenvalue weighted by molar-refractivity contribution is 0.0939. The van der Waals surface area contributed by atoms with Gasteiger partial charge in [-0.3, -0.25) is 4.79 Å². The second-order valence-electron chi connectivity index (χ2n) is 5.92. The van der Waals surface area contributed by atoms with Gasteiger partial charge in [0.15, 0.2) is 0 Å². The van der Waals surface area contributed by atoms with Crippen LogP contribution in [0.5, 0.6) is 5.75 Å². The summed E-state index contributed by atoms with van der Waals surface area (Å²) in [5.41, 5.74) is 2.51. The maximum absolute atomic E-state index is 12.5. The number of hydrogen-bond acceptors (Lipinski definition) is 4. The maximum Gasteiger partial charge on any atom is 0.251 e. The van der Waals surface area contributed by atoms with Gasteiger partial charge in [-0.05, 0) is 49.7 Å². The molecule has 1 aromatic heterocycles. The summed E-state index contributed by atoms with van der Waals surface area (Å²) in [6.07, 6.45) is 0. The average molecular weight is 431 g/mol. The van der Waals surface area contributed by atoms with E-state index in [0.29, 0.717) is 17.9 Å². The Morgan fingerprint density at radius 1 is 1.27 bits per heavy atom. The average Bonchev–Trinajstić information content (AvgIpc) is 3.06. The molecule has 3 rings (SSSR count).